The highest BCUT2D eigenvalue weighted by Crippen LogP contribution is 2.38. The fourth-order valence-corrected chi connectivity index (χ4v) is 4.60. The van der Waals surface area contributed by atoms with Crippen LogP contribution in [0, 0.1) is 0 Å². The van der Waals surface area contributed by atoms with Gasteiger partial charge in [0.15, 0.2) is 11.5 Å². The molecule has 3 aromatic rings. The number of rotatable bonds is 7. The maximum atomic E-state index is 13.0. The second-order valence-electron chi connectivity index (χ2n) is 7.19. The summed E-state index contributed by atoms with van der Waals surface area (Å²) in [7, 11) is 1.56. The molecule has 4 rings (SSSR count). The average molecular weight is 545 g/mol. The molecule has 0 radical (unpaired) electrons. The van der Waals surface area contributed by atoms with Gasteiger partial charge in [0.25, 0.3) is 11.1 Å². The van der Waals surface area contributed by atoms with Crippen molar-refractivity contribution in [3.05, 3.63) is 97.8 Å². The predicted molar refractivity (Wildman–Crippen MR) is 134 cm³/mol. The van der Waals surface area contributed by atoms with Gasteiger partial charge in [0.2, 0.25) is 0 Å². The van der Waals surface area contributed by atoms with Crippen molar-refractivity contribution in [2.24, 2.45) is 0 Å². The molecule has 168 valence electrons. The number of methoxy groups -OCH3 is 1. The van der Waals surface area contributed by atoms with Gasteiger partial charge < -0.3 is 9.47 Å². The molecule has 1 saturated heterocycles. The average Bonchev–Trinajstić information content (AvgIpc) is 3.06. The van der Waals surface area contributed by atoms with Gasteiger partial charge in [-0.1, -0.05) is 63.9 Å². The molecular weight excluding hydrogens is 526 g/mol. The fraction of sp³-hybridized carbons (Fsp3) is 0.120. The standard InChI is InChI=1S/C25H19BrClNO4S/c1-31-21-7-3-5-18(23(21)32-15-16-8-10-19(26)11-9-16)13-22-24(29)28(25(30)33-22)14-17-4-2-6-20(27)12-17/h2-13H,14-15H2,1H3/b22-13-. The lowest BCUT2D eigenvalue weighted by Crippen LogP contribution is -2.27. The van der Waals surface area contributed by atoms with Crippen molar-refractivity contribution in [3.63, 3.8) is 0 Å². The number of amides is 2. The molecule has 1 aliphatic heterocycles. The molecule has 0 spiro atoms. The summed E-state index contributed by atoms with van der Waals surface area (Å²) >= 11 is 10.4. The molecule has 1 heterocycles. The summed E-state index contributed by atoms with van der Waals surface area (Å²) in [6, 6.07) is 20.3. The Bertz CT molecular complexity index is 1230. The molecule has 0 bridgehead atoms. The third kappa shape index (κ3) is 5.61. The van der Waals surface area contributed by atoms with Crippen LogP contribution >= 0.6 is 39.3 Å². The van der Waals surface area contributed by atoms with Crippen LogP contribution in [0.1, 0.15) is 16.7 Å². The van der Waals surface area contributed by atoms with E-state index in [1.54, 1.807) is 37.5 Å². The topological polar surface area (TPSA) is 55.8 Å². The SMILES string of the molecule is COc1cccc(/C=C2\SC(=O)N(Cc3cccc(Cl)c3)C2=O)c1OCc1ccc(Br)cc1. The van der Waals surface area contributed by atoms with E-state index in [4.69, 9.17) is 21.1 Å². The molecule has 0 unspecified atom stereocenters. The van der Waals surface area contributed by atoms with Crippen LogP contribution in [0.25, 0.3) is 6.08 Å². The predicted octanol–water partition coefficient (Wildman–Crippen LogP) is 6.93. The summed E-state index contributed by atoms with van der Waals surface area (Å²) in [5.74, 6) is 0.690. The molecule has 5 nitrogen and oxygen atoms in total. The Morgan fingerprint density at radius 3 is 2.52 bits per heavy atom. The zero-order valence-electron chi connectivity index (χ0n) is 17.6. The van der Waals surface area contributed by atoms with Crippen LogP contribution in [0.4, 0.5) is 4.79 Å². The monoisotopic (exact) mass is 543 g/mol. The number of halogens is 2. The van der Waals surface area contributed by atoms with Crippen LogP contribution in [-0.2, 0) is 17.9 Å². The van der Waals surface area contributed by atoms with Crippen molar-refractivity contribution in [1.82, 2.24) is 4.90 Å². The lowest BCUT2D eigenvalue weighted by atomic mass is 10.1. The van der Waals surface area contributed by atoms with E-state index in [1.807, 2.05) is 42.5 Å². The Hall–Kier alpha value is -2.74. The number of carbonyl (C=O) groups is 2. The summed E-state index contributed by atoms with van der Waals surface area (Å²) in [6.07, 6.45) is 1.67. The van der Waals surface area contributed by atoms with Crippen LogP contribution in [0.3, 0.4) is 0 Å². The molecule has 3 aromatic carbocycles. The highest BCUT2D eigenvalue weighted by Gasteiger charge is 2.35. The van der Waals surface area contributed by atoms with Gasteiger partial charge in [0.05, 0.1) is 18.6 Å². The van der Waals surface area contributed by atoms with E-state index in [-0.39, 0.29) is 17.7 Å². The highest BCUT2D eigenvalue weighted by molar-refractivity contribution is 9.10. The summed E-state index contributed by atoms with van der Waals surface area (Å²) in [5, 5.41) is 0.227. The van der Waals surface area contributed by atoms with E-state index in [9.17, 15) is 9.59 Å². The number of ether oxygens (including phenoxy) is 2. The Morgan fingerprint density at radius 2 is 1.79 bits per heavy atom. The third-order valence-electron chi connectivity index (χ3n) is 4.92. The smallest absolute Gasteiger partial charge is 0.293 e. The van der Waals surface area contributed by atoms with Crippen molar-refractivity contribution in [3.8, 4) is 11.5 Å². The summed E-state index contributed by atoms with van der Waals surface area (Å²) in [6.45, 7) is 0.484. The molecule has 0 aromatic heterocycles. The van der Waals surface area contributed by atoms with E-state index in [0.717, 1.165) is 27.4 Å². The van der Waals surface area contributed by atoms with Crippen LogP contribution in [0.5, 0.6) is 11.5 Å². The normalized spacial score (nSPS) is 14.8. The number of thioether (sulfide) groups is 1. The van der Waals surface area contributed by atoms with Gasteiger partial charge in [-0.25, -0.2) is 0 Å². The number of para-hydroxylation sites is 1. The molecule has 0 aliphatic carbocycles. The van der Waals surface area contributed by atoms with Crippen molar-refractivity contribution in [2.75, 3.05) is 7.11 Å². The second-order valence-corrected chi connectivity index (χ2v) is 9.54. The van der Waals surface area contributed by atoms with Crippen molar-refractivity contribution >= 4 is 56.5 Å². The third-order valence-corrected chi connectivity index (χ3v) is 6.59. The minimum atomic E-state index is -0.355. The molecule has 33 heavy (non-hydrogen) atoms. The van der Waals surface area contributed by atoms with E-state index in [2.05, 4.69) is 15.9 Å². The van der Waals surface area contributed by atoms with E-state index in [1.165, 1.54) is 4.90 Å². The van der Waals surface area contributed by atoms with Gasteiger partial charge in [0, 0.05) is 15.1 Å². The van der Waals surface area contributed by atoms with Crippen molar-refractivity contribution in [1.29, 1.82) is 0 Å². The first-order valence-corrected chi connectivity index (χ1v) is 12.0. The fourth-order valence-electron chi connectivity index (χ4n) is 3.29. The number of imide groups is 1. The molecule has 8 heteroatoms. The Labute approximate surface area is 209 Å². The summed E-state index contributed by atoms with van der Waals surface area (Å²) in [4.78, 5) is 27.1. The molecule has 2 amide bonds. The zero-order valence-corrected chi connectivity index (χ0v) is 20.7. The van der Waals surface area contributed by atoms with E-state index >= 15 is 0 Å². The van der Waals surface area contributed by atoms with Gasteiger partial charge in [-0.2, -0.15) is 0 Å². The van der Waals surface area contributed by atoms with Crippen molar-refractivity contribution in [2.45, 2.75) is 13.2 Å². The van der Waals surface area contributed by atoms with Gasteiger partial charge in [-0.05, 0) is 59.3 Å². The minimum absolute atomic E-state index is 0.160. The minimum Gasteiger partial charge on any atom is -0.493 e. The maximum Gasteiger partial charge on any atom is 0.293 e. The summed E-state index contributed by atoms with van der Waals surface area (Å²) < 4.78 is 12.5. The van der Waals surface area contributed by atoms with Gasteiger partial charge in [-0.3, -0.25) is 14.5 Å². The van der Waals surface area contributed by atoms with Gasteiger partial charge in [-0.15, -0.1) is 0 Å². The first kappa shape index (κ1) is 23.4. The quantitative estimate of drug-likeness (QED) is 0.302. The molecule has 0 N–H and O–H groups in total. The number of hydrogen-bond acceptors (Lipinski definition) is 5. The number of nitrogens with zero attached hydrogens (tertiary/aromatic N) is 1. The van der Waals surface area contributed by atoms with Crippen LogP contribution in [0.2, 0.25) is 5.02 Å². The van der Waals surface area contributed by atoms with Gasteiger partial charge in [0.1, 0.15) is 6.61 Å². The Morgan fingerprint density at radius 1 is 1.03 bits per heavy atom. The number of hydrogen-bond donors (Lipinski definition) is 0. The van der Waals surface area contributed by atoms with Gasteiger partial charge >= 0.3 is 0 Å². The van der Waals surface area contributed by atoms with Crippen molar-refractivity contribution < 1.29 is 19.1 Å². The zero-order chi connectivity index (χ0) is 23.4. The molecule has 1 fully saturated rings. The Kier molecular flexibility index (Phi) is 7.42. The van der Waals surface area contributed by atoms with E-state index in [0.29, 0.717) is 33.6 Å². The van der Waals surface area contributed by atoms with Crippen LogP contribution in [0.15, 0.2) is 76.1 Å². The lowest BCUT2D eigenvalue weighted by Gasteiger charge is -2.14. The largest absolute Gasteiger partial charge is 0.493 e. The molecule has 0 atom stereocenters. The highest BCUT2D eigenvalue weighted by atomic mass is 79.9. The first-order chi connectivity index (χ1) is 15.9. The molecule has 0 saturated carbocycles. The first-order valence-electron chi connectivity index (χ1n) is 9.98. The molecule has 1 aliphatic rings. The number of carbonyl (C=O) groups excluding carboxylic acids is 2. The second kappa shape index (κ2) is 10.5. The number of benzene rings is 3. The van der Waals surface area contributed by atoms with E-state index < -0.39 is 0 Å². The summed E-state index contributed by atoms with van der Waals surface area (Å²) in [5.41, 5.74) is 2.42. The maximum absolute atomic E-state index is 13.0. The molecular formula is C25H19BrClNO4S. The Balaban J connectivity index is 1.58. The van der Waals surface area contributed by atoms with Crippen LogP contribution in [-0.4, -0.2) is 23.2 Å². The van der Waals surface area contributed by atoms with Crippen LogP contribution < -0.4 is 9.47 Å². The lowest BCUT2D eigenvalue weighted by molar-refractivity contribution is -0.123.